The fourth-order valence-electron chi connectivity index (χ4n) is 2.22. The Morgan fingerprint density at radius 1 is 1.44 bits per heavy atom. The molecule has 2 unspecified atom stereocenters. The molecule has 138 valence electrons. The predicted octanol–water partition coefficient (Wildman–Crippen LogP) is 2.44. The SMILES string of the molecule is O=C(CS(=O)c1ccc(C(F)(F)F)cc1[N+](=O)[O-])OCC1CCCO1. The Balaban J connectivity index is 2.07. The fourth-order valence-corrected chi connectivity index (χ4v) is 3.26. The molecule has 1 aromatic carbocycles. The van der Waals surface area contributed by atoms with Gasteiger partial charge in [-0.2, -0.15) is 13.2 Å². The fraction of sp³-hybridized carbons (Fsp3) is 0.500. The molecule has 25 heavy (non-hydrogen) atoms. The van der Waals surface area contributed by atoms with E-state index in [1.165, 1.54) is 0 Å². The van der Waals surface area contributed by atoms with E-state index in [2.05, 4.69) is 0 Å². The molecule has 0 saturated carbocycles. The van der Waals surface area contributed by atoms with Gasteiger partial charge in [-0.05, 0) is 25.0 Å². The van der Waals surface area contributed by atoms with Crippen molar-refractivity contribution in [3.8, 4) is 0 Å². The Kier molecular flexibility index (Phi) is 6.11. The molecule has 0 bridgehead atoms. The minimum atomic E-state index is -4.77. The van der Waals surface area contributed by atoms with Gasteiger partial charge in [0.05, 0.1) is 27.4 Å². The first-order valence-corrected chi connectivity index (χ1v) is 8.51. The second-order valence-electron chi connectivity index (χ2n) is 5.25. The van der Waals surface area contributed by atoms with Crippen molar-refractivity contribution in [3.05, 3.63) is 33.9 Å². The average molecular weight is 381 g/mol. The molecule has 1 aliphatic heterocycles. The first-order valence-electron chi connectivity index (χ1n) is 7.19. The quantitative estimate of drug-likeness (QED) is 0.427. The van der Waals surface area contributed by atoms with E-state index in [0.29, 0.717) is 18.7 Å². The van der Waals surface area contributed by atoms with Crippen LogP contribution in [-0.4, -0.2) is 40.2 Å². The molecule has 1 aliphatic rings. The maximum atomic E-state index is 12.6. The van der Waals surface area contributed by atoms with E-state index in [-0.39, 0.29) is 12.7 Å². The summed E-state index contributed by atoms with van der Waals surface area (Å²) in [4.78, 5) is 21.1. The molecule has 0 aliphatic carbocycles. The predicted molar refractivity (Wildman–Crippen MR) is 79.3 cm³/mol. The molecule has 1 saturated heterocycles. The van der Waals surface area contributed by atoms with Crippen LogP contribution in [-0.2, 0) is 31.2 Å². The summed E-state index contributed by atoms with van der Waals surface area (Å²) in [5.74, 6) is -1.57. The highest BCUT2D eigenvalue weighted by Gasteiger charge is 2.34. The number of hydrogen-bond donors (Lipinski definition) is 0. The standard InChI is InChI=1S/C14H14F3NO6S/c15-14(16,17)9-3-4-12(11(6-9)18(20)21)25(22)8-13(19)24-7-10-2-1-5-23-10/h3-4,6,10H,1-2,5,7-8H2. The Bertz CT molecular complexity index is 688. The third-order valence-corrected chi connectivity index (χ3v) is 4.77. The summed E-state index contributed by atoms with van der Waals surface area (Å²) in [5, 5.41) is 11.0. The lowest BCUT2D eigenvalue weighted by molar-refractivity contribution is -0.388. The van der Waals surface area contributed by atoms with Gasteiger partial charge in [-0.25, -0.2) is 0 Å². The van der Waals surface area contributed by atoms with Crippen LogP contribution in [0, 0.1) is 10.1 Å². The van der Waals surface area contributed by atoms with Gasteiger partial charge in [-0.15, -0.1) is 0 Å². The number of carbonyl (C=O) groups is 1. The van der Waals surface area contributed by atoms with Gasteiger partial charge in [-0.1, -0.05) is 0 Å². The maximum Gasteiger partial charge on any atom is 0.416 e. The van der Waals surface area contributed by atoms with E-state index in [1.807, 2.05) is 0 Å². The van der Waals surface area contributed by atoms with Gasteiger partial charge in [0.25, 0.3) is 5.69 Å². The van der Waals surface area contributed by atoms with Gasteiger partial charge in [0.1, 0.15) is 17.3 Å². The molecule has 0 amide bonds. The zero-order valence-corrected chi connectivity index (χ0v) is 13.6. The van der Waals surface area contributed by atoms with Crippen LogP contribution in [0.5, 0.6) is 0 Å². The number of nitro benzene ring substituents is 1. The van der Waals surface area contributed by atoms with Crippen LogP contribution in [0.3, 0.4) is 0 Å². The van der Waals surface area contributed by atoms with Crippen molar-refractivity contribution in [2.75, 3.05) is 19.0 Å². The Morgan fingerprint density at radius 3 is 2.72 bits per heavy atom. The number of alkyl halides is 3. The molecule has 1 heterocycles. The molecule has 0 N–H and O–H groups in total. The average Bonchev–Trinajstić information content (AvgIpc) is 3.04. The van der Waals surface area contributed by atoms with Crippen molar-refractivity contribution in [1.29, 1.82) is 0 Å². The summed E-state index contributed by atoms with van der Waals surface area (Å²) in [6.07, 6.45) is -3.45. The van der Waals surface area contributed by atoms with Crippen LogP contribution in [0.1, 0.15) is 18.4 Å². The summed E-state index contributed by atoms with van der Waals surface area (Å²) >= 11 is 0. The first kappa shape index (κ1) is 19.3. The molecule has 0 aromatic heterocycles. The monoisotopic (exact) mass is 381 g/mol. The van der Waals surface area contributed by atoms with E-state index in [1.54, 1.807) is 0 Å². The molecule has 1 fully saturated rings. The molecule has 0 radical (unpaired) electrons. The molecule has 2 atom stereocenters. The highest BCUT2D eigenvalue weighted by Crippen LogP contribution is 2.34. The number of halogens is 3. The lowest BCUT2D eigenvalue weighted by Crippen LogP contribution is -2.21. The van der Waals surface area contributed by atoms with Gasteiger partial charge in [0, 0.05) is 12.7 Å². The van der Waals surface area contributed by atoms with Crippen molar-refractivity contribution >= 4 is 22.5 Å². The number of hydrogen-bond acceptors (Lipinski definition) is 6. The smallest absolute Gasteiger partial charge is 0.416 e. The summed E-state index contributed by atoms with van der Waals surface area (Å²) < 4.78 is 60.2. The van der Waals surface area contributed by atoms with Gasteiger partial charge in [-0.3, -0.25) is 19.1 Å². The second-order valence-corrected chi connectivity index (χ2v) is 6.66. The van der Waals surface area contributed by atoms with Crippen molar-refractivity contribution in [2.24, 2.45) is 0 Å². The number of nitro groups is 1. The summed E-state index contributed by atoms with van der Waals surface area (Å²) in [6.45, 7) is 0.539. The second kappa shape index (κ2) is 7.91. The van der Waals surface area contributed by atoms with Crippen molar-refractivity contribution in [2.45, 2.75) is 30.0 Å². The Morgan fingerprint density at radius 2 is 2.16 bits per heavy atom. The molecule has 11 heteroatoms. The lowest BCUT2D eigenvalue weighted by atomic mass is 10.2. The van der Waals surface area contributed by atoms with E-state index >= 15 is 0 Å². The number of benzene rings is 1. The van der Waals surface area contributed by atoms with E-state index in [9.17, 15) is 32.3 Å². The van der Waals surface area contributed by atoms with Crippen LogP contribution < -0.4 is 0 Å². The van der Waals surface area contributed by atoms with Gasteiger partial charge in [0.2, 0.25) is 0 Å². The zero-order valence-electron chi connectivity index (χ0n) is 12.8. The zero-order chi connectivity index (χ0) is 18.6. The number of ether oxygens (including phenoxy) is 2. The summed E-state index contributed by atoms with van der Waals surface area (Å²) in [7, 11) is -2.21. The summed E-state index contributed by atoms with van der Waals surface area (Å²) in [6, 6.07) is 1.62. The van der Waals surface area contributed by atoms with Crippen LogP contribution in [0.15, 0.2) is 23.1 Å². The highest BCUT2D eigenvalue weighted by atomic mass is 32.2. The number of nitrogens with zero attached hydrogens (tertiary/aromatic N) is 1. The number of esters is 1. The number of carbonyl (C=O) groups excluding carboxylic acids is 1. The first-order chi connectivity index (χ1) is 11.7. The minimum absolute atomic E-state index is 0.0227. The van der Waals surface area contributed by atoms with Crippen LogP contribution in [0.2, 0.25) is 0 Å². The van der Waals surface area contributed by atoms with Gasteiger partial charge in [0.15, 0.2) is 0 Å². The van der Waals surface area contributed by atoms with E-state index in [4.69, 9.17) is 9.47 Å². The van der Waals surface area contributed by atoms with E-state index in [0.717, 1.165) is 18.9 Å². The molecule has 7 nitrogen and oxygen atoms in total. The van der Waals surface area contributed by atoms with Crippen molar-refractivity contribution < 1.29 is 36.6 Å². The minimum Gasteiger partial charge on any atom is -0.462 e. The van der Waals surface area contributed by atoms with Gasteiger partial charge >= 0.3 is 12.1 Å². The van der Waals surface area contributed by atoms with E-state index < -0.39 is 49.8 Å². The molecule has 1 aromatic rings. The largest absolute Gasteiger partial charge is 0.462 e. The van der Waals surface area contributed by atoms with Crippen LogP contribution in [0.4, 0.5) is 18.9 Å². The van der Waals surface area contributed by atoms with Crippen molar-refractivity contribution in [3.63, 3.8) is 0 Å². The maximum absolute atomic E-state index is 12.6. The molecule has 2 rings (SSSR count). The van der Waals surface area contributed by atoms with Crippen molar-refractivity contribution in [1.82, 2.24) is 0 Å². The van der Waals surface area contributed by atoms with Crippen LogP contribution >= 0.6 is 0 Å². The molecular formula is C14H14F3NO6S. The third-order valence-electron chi connectivity index (χ3n) is 3.43. The third kappa shape index (κ3) is 5.23. The Labute approximate surface area is 142 Å². The molecule has 0 spiro atoms. The highest BCUT2D eigenvalue weighted by molar-refractivity contribution is 7.85. The van der Waals surface area contributed by atoms with Gasteiger partial charge < -0.3 is 9.47 Å². The normalized spacial score (nSPS) is 18.8. The summed E-state index contributed by atoms with van der Waals surface area (Å²) in [5.41, 5.74) is -2.19. The van der Waals surface area contributed by atoms with Crippen LogP contribution in [0.25, 0.3) is 0 Å². The Hall–Kier alpha value is -2.01. The number of rotatable bonds is 6. The molecular weight excluding hydrogens is 367 g/mol. The topological polar surface area (TPSA) is 95.7 Å². The lowest BCUT2D eigenvalue weighted by Gasteiger charge is -2.11.